The molecule has 3 aromatic carbocycles. The molecule has 29 heavy (non-hydrogen) atoms. The lowest BCUT2D eigenvalue weighted by atomic mass is 9.76. The van der Waals surface area contributed by atoms with Crippen LogP contribution in [0.2, 0.25) is 0 Å². The Balaban J connectivity index is 1.61. The van der Waals surface area contributed by atoms with Crippen LogP contribution < -0.4 is 0 Å². The molecular weight excluding hydrogens is 358 g/mol. The molecule has 3 nitrogen and oxygen atoms in total. The van der Waals surface area contributed by atoms with Gasteiger partial charge in [-0.25, -0.2) is 0 Å². The number of ether oxygens (including phenoxy) is 1. The van der Waals surface area contributed by atoms with Crippen molar-refractivity contribution in [3.63, 3.8) is 0 Å². The number of nitrogens with zero attached hydrogens (tertiary/aromatic N) is 1. The van der Waals surface area contributed by atoms with Crippen LogP contribution in [0.1, 0.15) is 23.6 Å². The molecule has 0 bridgehead atoms. The SMILES string of the molecule is CN(CCOC(=O)C(C)(c1ccccc1)c1ccccc1)CCc1ccccc1. The van der Waals surface area contributed by atoms with Gasteiger partial charge >= 0.3 is 5.97 Å². The molecule has 0 N–H and O–H groups in total. The molecule has 3 aromatic rings. The third kappa shape index (κ3) is 5.33. The lowest BCUT2D eigenvalue weighted by molar-refractivity contribution is -0.148. The number of esters is 1. The molecule has 0 heterocycles. The number of likely N-dealkylation sites (N-methyl/N-ethyl adjacent to an activating group) is 1. The van der Waals surface area contributed by atoms with Gasteiger partial charge in [0.25, 0.3) is 0 Å². The Bertz CT molecular complexity index is 839. The van der Waals surface area contributed by atoms with E-state index in [9.17, 15) is 4.79 Å². The first-order valence-electron chi connectivity index (χ1n) is 10.1. The molecule has 0 aliphatic rings. The minimum Gasteiger partial charge on any atom is -0.463 e. The lowest BCUT2D eigenvalue weighted by Crippen LogP contribution is -2.37. The van der Waals surface area contributed by atoms with E-state index in [-0.39, 0.29) is 5.97 Å². The summed E-state index contributed by atoms with van der Waals surface area (Å²) in [4.78, 5) is 15.4. The second-order valence-corrected chi connectivity index (χ2v) is 7.53. The van der Waals surface area contributed by atoms with E-state index < -0.39 is 5.41 Å². The van der Waals surface area contributed by atoms with E-state index in [2.05, 4.69) is 36.2 Å². The molecule has 3 heteroatoms. The van der Waals surface area contributed by atoms with Gasteiger partial charge in [-0.15, -0.1) is 0 Å². The standard InChI is InChI=1S/C26H29NO2/c1-26(23-14-8-4-9-15-23,24-16-10-5-11-17-24)25(28)29-21-20-27(2)19-18-22-12-6-3-7-13-22/h3-17H,18-21H2,1-2H3. The average Bonchev–Trinajstić information content (AvgIpc) is 2.79. The summed E-state index contributed by atoms with van der Waals surface area (Å²) in [6.07, 6.45) is 0.983. The van der Waals surface area contributed by atoms with E-state index in [1.165, 1.54) is 5.56 Å². The van der Waals surface area contributed by atoms with Crippen molar-refractivity contribution in [2.45, 2.75) is 18.8 Å². The molecule has 0 radical (unpaired) electrons. The van der Waals surface area contributed by atoms with Crippen molar-refractivity contribution < 1.29 is 9.53 Å². The van der Waals surface area contributed by atoms with Gasteiger partial charge in [0.2, 0.25) is 0 Å². The highest BCUT2D eigenvalue weighted by Gasteiger charge is 2.38. The van der Waals surface area contributed by atoms with Crippen molar-refractivity contribution in [1.29, 1.82) is 0 Å². The zero-order chi connectivity index (χ0) is 20.5. The van der Waals surface area contributed by atoms with Crippen molar-refractivity contribution in [2.75, 3.05) is 26.7 Å². The van der Waals surface area contributed by atoms with E-state index in [1.807, 2.05) is 73.7 Å². The Morgan fingerprint density at radius 1 is 0.793 bits per heavy atom. The maximum absolute atomic E-state index is 13.2. The molecule has 0 saturated carbocycles. The Morgan fingerprint density at radius 2 is 1.28 bits per heavy atom. The van der Waals surface area contributed by atoms with Gasteiger partial charge in [-0.3, -0.25) is 4.79 Å². The van der Waals surface area contributed by atoms with Crippen LogP contribution in [0.25, 0.3) is 0 Å². The smallest absolute Gasteiger partial charge is 0.320 e. The van der Waals surface area contributed by atoms with Crippen LogP contribution in [0.15, 0.2) is 91.0 Å². The van der Waals surface area contributed by atoms with Crippen molar-refractivity contribution in [1.82, 2.24) is 4.90 Å². The summed E-state index contributed by atoms with van der Waals surface area (Å²) in [5.41, 5.74) is 2.37. The molecule has 0 spiro atoms. The number of hydrogen-bond donors (Lipinski definition) is 0. The topological polar surface area (TPSA) is 29.5 Å². The summed E-state index contributed by atoms with van der Waals surface area (Å²) in [5.74, 6) is -0.216. The zero-order valence-electron chi connectivity index (χ0n) is 17.3. The number of carbonyl (C=O) groups excluding carboxylic acids is 1. The van der Waals surface area contributed by atoms with Crippen LogP contribution >= 0.6 is 0 Å². The zero-order valence-corrected chi connectivity index (χ0v) is 17.3. The van der Waals surface area contributed by atoms with Gasteiger partial charge in [-0.2, -0.15) is 0 Å². The van der Waals surface area contributed by atoms with Crippen molar-refractivity contribution in [3.05, 3.63) is 108 Å². The minimum absolute atomic E-state index is 0.216. The minimum atomic E-state index is -0.828. The normalized spacial score (nSPS) is 11.4. The van der Waals surface area contributed by atoms with Crippen LogP contribution in [0.5, 0.6) is 0 Å². The number of hydrogen-bond acceptors (Lipinski definition) is 3. The molecule has 0 saturated heterocycles. The largest absolute Gasteiger partial charge is 0.463 e. The Hall–Kier alpha value is -2.91. The van der Waals surface area contributed by atoms with E-state index in [4.69, 9.17) is 4.74 Å². The number of rotatable bonds is 9. The fourth-order valence-electron chi connectivity index (χ4n) is 3.46. The molecule has 150 valence electrons. The van der Waals surface area contributed by atoms with Gasteiger partial charge in [0, 0.05) is 13.1 Å². The quantitative estimate of drug-likeness (QED) is 0.498. The Morgan fingerprint density at radius 3 is 1.79 bits per heavy atom. The summed E-state index contributed by atoms with van der Waals surface area (Å²) in [5, 5.41) is 0. The fourth-order valence-corrected chi connectivity index (χ4v) is 3.46. The van der Waals surface area contributed by atoms with Crippen LogP contribution in [0.3, 0.4) is 0 Å². The third-order valence-corrected chi connectivity index (χ3v) is 5.44. The molecule has 0 atom stereocenters. The summed E-state index contributed by atoms with van der Waals surface area (Å²) >= 11 is 0. The Labute approximate surface area is 174 Å². The number of carbonyl (C=O) groups is 1. The van der Waals surface area contributed by atoms with Crippen LogP contribution in [0, 0.1) is 0 Å². The van der Waals surface area contributed by atoms with Crippen LogP contribution in [0.4, 0.5) is 0 Å². The van der Waals surface area contributed by atoms with Crippen molar-refractivity contribution in [3.8, 4) is 0 Å². The first-order chi connectivity index (χ1) is 14.1. The highest BCUT2D eigenvalue weighted by Crippen LogP contribution is 2.33. The van der Waals surface area contributed by atoms with Gasteiger partial charge in [0.1, 0.15) is 12.0 Å². The first-order valence-corrected chi connectivity index (χ1v) is 10.1. The molecule has 0 aromatic heterocycles. The number of benzene rings is 3. The van der Waals surface area contributed by atoms with Gasteiger partial charge < -0.3 is 9.64 Å². The second-order valence-electron chi connectivity index (χ2n) is 7.53. The molecule has 0 aliphatic carbocycles. The third-order valence-electron chi connectivity index (χ3n) is 5.44. The van der Waals surface area contributed by atoms with Crippen molar-refractivity contribution >= 4 is 5.97 Å². The Kier molecular flexibility index (Phi) is 7.20. The highest BCUT2D eigenvalue weighted by molar-refractivity contribution is 5.87. The van der Waals surface area contributed by atoms with E-state index in [1.54, 1.807) is 0 Å². The maximum atomic E-state index is 13.2. The van der Waals surface area contributed by atoms with Gasteiger partial charge in [-0.1, -0.05) is 91.0 Å². The monoisotopic (exact) mass is 387 g/mol. The summed E-state index contributed by atoms with van der Waals surface area (Å²) in [6, 6.07) is 30.1. The van der Waals surface area contributed by atoms with E-state index in [0.29, 0.717) is 13.2 Å². The van der Waals surface area contributed by atoms with Gasteiger partial charge in [0.05, 0.1) is 0 Å². The van der Waals surface area contributed by atoms with Gasteiger partial charge in [-0.05, 0) is 37.1 Å². The maximum Gasteiger partial charge on any atom is 0.320 e. The average molecular weight is 388 g/mol. The predicted octanol–water partition coefficient (Wildman–Crippen LogP) is 4.71. The van der Waals surface area contributed by atoms with E-state index in [0.717, 1.165) is 24.1 Å². The van der Waals surface area contributed by atoms with Gasteiger partial charge in [0.15, 0.2) is 0 Å². The lowest BCUT2D eigenvalue weighted by Gasteiger charge is -2.29. The summed E-state index contributed by atoms with van der Waals surface area (Å²) in [6.45, 7) is 3.95. The predicted molar refractivity (Wildman–Crippen MR) is 118 cm³/mol. The highest BCUT2D eigenvalue weighted by atomic mass is 16.5. The molecular formula is C26H29NO2. The second kappa shape index (κ2) is 10.0. The first kappa shape index (κ1) is 20.8. The summed E-state index contributed by atoms with van der Waals surface area (Å²) < 4.78 is 5.76. The van der Waals surface area contributed by atoms with Crippen molar-refractivity contribution in [2.24, 2.45) is 0 Å². The molecule has 0 unspecified atom stereocenters. The van der Waals surface area contributed by atoms with E-state index >= 15 is 0 Å². The summed E-state index contributed by atoms with van der Waals surface area (Å²) in [7, 11) is 2.06. The molecule has 0 fully saturated rings. The molecule has 3 rings (SSSR count). The molecule has 0 aliphatic heterocycles. The molecule has 0 amide bonds. The fraction of sp³-hybridized carbons (Fsp3) is 0.269. The van der Waals surface area contributed by atoms with Crippen LogP contribution in [-0.4, -0.2) is 37.6 Å². The van der Waals surface area contributed by atoms with Crippen LogP contribution in [-0.2, 0) is 21.4 Å².